The van der Waals surface area contributed by atoms with E-state index in [0.717, 1.165) is 27.2 Å². The summed E-state index contributed by atoms with van der Waals surface area (Å²) < 4.78 is 0.958. The maximum absolute atomic E-state index is 12.2. The number of anilines is 1. The average Bonchev–Trinajstić information content (AvgIpc) is 2.93. The molecule has 0 bridgehead atoms. The van der Waals surface area contributed by atoms with Gasteiger partial charge in [-0.05, 0) is 24.6 Å². The number of fused-ring (bicyclic) bond motifs is 1. The Morgan fingerprint density at radius 2 is 2.05 bits per heavy atom. The van der Waals surface area contributed by atoms with Gasteiger partial charge < -0.3 is 5.73 Å². The van der Waals surface area contributed by atoms with Crippen molar-refractivity contribution >= 4 is 45.5 Å². The third-order valence-electron chi connectivity index (χ3n) is 3.12. The van der Waals surface area contributed by atoms with Crippen LogP contribution in [0.4, 0.5) is 5.95 Å². The first-order valence-electron chi connectivity index (χ1n) is 6.38. The molecule has 0 saturated carbocycles. The number of ketones is 1. The molecule has 6 heteroatoms. The minimum atomic E-state index is 0.0735. The van der Waals surface area contributed by atoms with E-state index in [1.54, 1.807) is 0 Å². The first kappa shape index (κ1) is 14.3. The van der Waals surface area contributed by atoms with Crippen molar-refractivity contribution < 1.29 is 4.79 Å². The summed E-state index contributed by atoms with van der Waals surface area (Å²) in [5.74, 6) is 0.660. The second-order valence-corrected chi connectivity index (χ2v) is 6.46. The van der Waals surface area contributed by atoms with Gasteiger partial charge in [-0.2, -0.15) is 0 Å². The summed E-state index contributed by atoms with van der Waals surface area (Å²) in [6, 6.07) is 7.35. The monoisotopic (exact) mass is 361 g/mol. The molecule has 1 aliphatic carbocycles. The van der Waals surface area contributed by atoms with Crippen molar-refractivity contribution in [3.05, 3.63) is 51.6 Å². The zero-order valence-corrected chi connectivity index (χ0v) is 13.4. The van der Waals surface area contributed by atoms with Gasteiger partial charge in [0.2, 0.25) is 5.95 Å². The molecule has 3 rings (SSSR count). The lowest BCUT2D eigenvalue weighted by Gasteiger charge is -2.07. The number of nitrogens with zero attached hydrogens (tertiary/aromatic N) is 2. The summed E-state index contributed by atoms with van der Waals surface area (Å²) >= 11 is 4.77. The number of halogens is 1. The van der Waals surface area contributed by atoms with Gasteiger partial charge in [0.15, 0.2) is 5.78 Å². The maximum Gasteiger partial charge on any atom is 0.221 e. The van der Waals surface area contributed by atoms with Gasteiger partial charge in [0.1, 0.15) is 5.03 Å². The van der Waals surface area contributed by atoms with E-state index < -0.39 is 0 Å². The Kier molecular flexibility index (Phi) is 4.07. The fraction of sp³-hybridized carbons (Fsp3) is 0.133. The van der Waals surface area contributed by atoms with Crippen LogP contribution in [0.25, 0.3) is 6.08 Å². The molecule has 0 radical (unpaired) electrons. The van der Waals surface area contributed by atoms with Crippen molar-refractivity contribution in [1.82, 2.24) is 9.97 Å². The number of carbonyl (C=O) groups excluding carboxylic acids is 1. The average molecular weight is 362 g/mol. The van der Waals surface area contributed by atoms with Gasteiger partial charge in [0.25, 0.3) is 0 Å². The Labute approximate surface area is 135 Å². The maximum atomic E-state index is 12.2. The lowest BCUT2D eigenvalue weighted by atomic mass is 10.2. The van der Waals surface area contributed by atoms with E-state index in [-0.39, 0.29) is 11.7 Å². The molecule has 0 spiro atoms. The van der Waals surface area contributed by atoms with E-state index in [9.17, 15) is 4.79 Å². The van der Waals surface area contributed by atoms with Crippen LogP contribution < -0.4 is 5.73 Å². The van der Waals surface area contributed by atoms with Crippen LogP contribution in [0.5, 0.6) is 0 Å². The normalized spacial score (nSPS) is 12.4. The first-order chi connectivity index (χ1) is 10.1. The molecule has 0 amide bonds. The molecule has 1 aromatic carbocycles. The van der Waals surface area contributed by atoms with Crippen LogP contribution in [0.1, 0.15) is 21.6 Å². The van der Waals surface area contributed by atoms with Gasteiger partial charge in [-0.3, -0.25) is 4.79 Å². The highest BCUT2D eigenvalue weighted by molar-refractivity contribution is 9.10. The SMILES string of the molecule is Nc1nc2c(c(SCC(=O)c3ccc(Br)cc3)n1)CC=C2. The molecule has 1 aliphatic rings. The van der Waals surface area contributed by atoms with Gasteiger partial charge in [-0.1, -0.05) is 45.9 Å². The molecule has 21 heavy (non-hydrogen) atoms. The molecule has 2 aromatic rings. The number of aromatic nitrogens is 2. The largest absolute Gasteiger partial charge is 0.368 e. The molecule has 0 unspecified atom stereocenters. The number of Topliss-reactive ketones (excluding diaryl/α,β-unsaturated/α-hetero) is 1. The van der Waals surface area contributed by atoms with Gasteiger partial charge >= 0.3 is 0 Å². The zero-order chi connectivity index (χ0) is 14.8. The topological polar surface area (TPSA) is 68.9 Å². The summed E-state index contributed by atoms with van der Waals surface area (Å²) in [6.45, 7) is 0. The number of nitrogens with two attached hydrogens (primary N) is 1. The van der Waals surface area contributed by atoms with Crippen molar-refractivity contribution in [3.8, 4) is 0 Å². The summed E-state index contributed by atoms with van der Waals surface area (Å²) in [5, 5.41) is 0.799. The highest BCUT2D eigenvalue weighted by Crippen LogP contribution is 2.29. The number of rotatable bonds is 4. The third kappa shape index (κ3) is 3.16. The van der Waals surface area contributed by atoms with Crippen molar-refractivity contribution in [2.75, 3.05) is 11.5 Å². The first-order valence-corrected chi connectivity index (χ1v) is 8.16. The van der Waals surface area contributed by atoms with Crippen molar-refractivity contribution in [2.24, 2.45) is 0 Å². The van der Waals surface area contributed by atoms with Crippen LogP contribution in [-0.4, -0.2) is 21.5 Å². The van der Waals surface area contributed by atoms with E-state index >= 15 is 0 Å². The van der Waals surface area contributed by atoms with Crippen LogP contribution in [0.15, 0.2) is 39.8 Å². The molecule has 106 valence electrons. The molecule has 0 aliphatic heterocycles. The predicted octanol–water partition coefficient (Wildman–Crippen LogP) is 3.37. The van der Waals surface area contributed by atoms with Gasteiger partial charge in [-0.15, -0.1) is 0 Å². The molecule has 0 saturated heterocycles. The Hall–Kier alpha value is -1.66. The van der Waals surface area contributed by atoms with Crippen LogP contribution in [-0.2, 0) is 6.42 Å². The second-order valence-electron chi connectivity index (χ2n) is 4.58. The quantitative estimate of drug-likeness (QED) is 0.513. The van der Waals surface area contributed by atoms with Gasteiger partial charge in [0.05, 0.1) is 11.4 Å². The summed E-state index contributed by atoms with van der Waals surface area (Å²) in [6.07, 6.45) is 4.76. The minimum absolute atomic E-state index is 0.0735. The fourth-order valence-corrected chi connectivity index (χ4v) is 3.31. The lowest BCUT2D eigenvalue weighted by molar-refractivity contribution is 0.102. The molecule has 2 N–H and O–H groups in total. The Morgan fingerprint density at radius 3 is 2.81 bits per heavy atom. The number of nitrogen functional groups attached to an aromatic ring is 1. The minimum Gasteiger partial charge on any atom is -0.368 e. The standard InChI is InChI=1S/C15H12BrN3OS/c16-10-6-4-9(5-7-10)13(20)8-21-14-11-2-1-3-12(11)18-15(17)19-14/h1,3-7H,2,8H2,(H2,17,18,19). The molecule has 1 heterocycles. The predicted molar refractivity (Wildman–Crippen MR) is 88.4 cm³/mol. The fourth-order valence-electron chi connectivity index (χ4n) is 2.09. The second kappa shape index (κ2) is 5.99. The number of allylic oxidation sites excluding steroid dienone is 1. The lowest BCUT2D eigenvalue weighted by Crippen LogP contribution is -2.05. The smallest absolute Gasteiger partial charge is 0.221 e. The van der Waals surface area contributed by atoms with Crippen LogP contribution in [0.2, 0.25) is 0 Å². The Balaban J connectivity index is 1.74. The highest BCUT2D eigenvalue weighted by atomic mass is 79.9. The number of hydrogen-bond acceptors (Lipinski definition) is 5. The van der Waals surface area contributed by atoms with Crippen molar-refractivity contribution in [2.45, 2.75) is 11.4 Å². The number of thioether (sulfide) groups is 1. The van der Waals surface area contributed by atoms with Crippen LogP contribution in [0, 0.1) is 0 Å². The molecule has 0 fully saturated rings. The van der Waals surface area contributed by atoms with Crippen LogP contribution >= 0.6 is 27.7 Å². The summed E-state index contributed by atoms with van der Waals surface area (Å²) in [4.78, 5) is 20.6. The van der Waals surface area contributed by atoms with Gasteiger partial charge in [-0.25, -0.2) is 9.97 Å². The highest BCUT2D eigenvalue weighted by Gasteiger charge is 2.16. The van der Waals surface area contributed by atoms with E-state index in [0.29, 0.717) is 11.3 Å². The number of hydrogen-bond donors (Lipinski definition) is 1. The summed E-state index contributed by atoms with van der Waals surface area (Å²) in [5.41, 5.74) is 8.32. The van der Waals surface area contributed by atoms with E-state index in [2.05, 4.69) is 25.9 Å². The Morgan fingerprint density at radius 1 is 1.29 bits per heavy atom. The van der Waals surface area contributed by atoms with Crippen molar-refractivity contribution in [1.29, 1.82) is 0 Å². The molecule has 0 atom stereocenters. The van der Waals surface area contributed by atoms with Crippen LogP contribution in [0.3, 0.4) is 0 Å². The molecule has 1 aromatic heterocycles. The van der Waals surface area contributed by atoms with Gasteiger partial charge in [0, 0.05) is 15.6 Å². The molecule has 4 nitrogen and oxygen atoms in total. The number of benzene rings is 1. The number of carbonyl (C=O) groups is 1. The summed E-state index contributed by atoms with van der Waals surface area (Å²) in [7, 11) is 0. The molecular formula is C15H12BrN3OS. The van der Waals surface area contributed by atoms with E-state index in [1.807, 2.05) is 36.4 Å². The zero-order valence-electron chi connectivity index (χ0n) is 11.0. The van der Waals surface area contributed by atoms with E-state index in [1.165, 1.54) is 11.8 Å². The Bertz CT molecular complexity index is 728. The third-order valence-corrected chi connectivity index (χ3v) is 4.67. The van der Waals surface area contributed by atoms with E-state index in [4.69, 9.17) is 5.73 Å². The molecular weight excluding hydrogens is 350 g/mol. The van der Waals surface area contributed by atoms with Crippen molar-refractivity contribution in [3.63, 3.8) is 0 Å².